The Balaban J connectivity index is 0. The fourth-order valence-corrected chi connectivity index (χ4v) is 4.21. The maximum atomic E-state index is 11.4. The Labute approximate surface area is 205 Å². The van der Waals surface area contributed by atoms with Gasteiger partial charge in [-0.2, -0.15) is 0 Å². The van der Waals surface area contributed by atoms with Crippen LogP contribution in [0.15, 0.2) is 0 Å². The molecule has 0 spiro atoms. The molecule has 0 fully saturated rings. The van der Waals surface area contributed by atoms with E-state index in [0.717, 1.165) is 25.7 Å². The van der Waals surface area contributed by atoms with Gasteiger partial charge in [0.25, 0.3) is 0 Å². The van der Waals surface area contributed by atoms with E-state index in [1.165, 1.54) is 51.4 Å². The van der Waals surface area contributed by atoms with Gasteiger partial charge in [0.2, 0.25) is 0 Å². The Morgan fingerprint density at radius 3 is 1.58 bits per heavy atom. The van der Waals surface area contributed by atoms with Crippen LogP contribution in [-0.4, -0.2) is 29.4 Å². The van der Waals surface area contributed by atoms with E-state index in [2.05, 4.69) is 6.92 Å². The first-order chi connectivity index (χ1) is 11.9. The second-order valence-corrected chi connectivity index (χ2v) is 9.11. The van der Waals surface area contributed by atoms with Gasteiger partial charge in [-0.3, -0.25) is 0 Å². The molecular weight excluding hydrogens is 375 g/mol. The molecule has 0 aliphatic rings. The number of aliphatic hydroxyl groups is 1. The van der Waals surface area contributed by atoms with E-state index in [0.29, 0.717) is 25.7 Å². The molecule has 26 heavy (non-hydrogen) atoms. The van der Waals surface area contributed by atoms with Gasteiger partial charge in [-0.1, -0.05) is 90.9 Å². The Morgan fingerprint density at radius 1 is 0.692 bits per heavy atom. The molecule has 0 heterocycles. The molecule has 0 aromatic rings. The summed E-state index contributed by atoms with van der Waals surface area (Å²) in [6.45, 7) is 4.21. The molecular formula is C20H41KO4S. The number of hydrogen-bond donors (Lipinski definition) is 1. The summed E-state index contributed by atoms with van der Waals surface area (Å²) in [4.78, 5) is 0. The van der Waals surface area contributed by atoms with E-state index in [1.54, 1.807) is 0 Å². The van der Waals surface area contributed by atoms with Crippen LogP contribution < -0.4 is 51.4 Å². The fourth-order valence-electron chi connectivity index (χ4n) is 3.33. The molecule has 1 N–H and O–H groups in total. The molecule has 4 nitrogen and oxygen atoms in total. The normalized spacial score (nSPS) is 14.0. The van der Waals surface area contributed by atoms with Gasteiger partial charge >= 0.3 is 51.4 Å². The Bertz CT molecular complexity index is 387. The van der Waals surface area contributed by atoms with Gasteiger partial charge in [0, 0.05) is 5.25 Å². The standard InChI is InChI=1S/C20H42O4S.K/c1-3-5-6-7-8-9-10-11-12-13-14-16-20(25(22,23)24)18-17-19(21)15-4-2;/h19-21H,3-18H2,1-2H3,(H,22,23,24);/q;+1/p-1. The van der Waals surface area contributed by atoms with Crippen molar-refractivity contribution in [1.29, 1.82) is 0 Å². The van der Waals surface area contributed by atoms with Crippen molar-refractivity contribution >= 4 is 10.1 Å². The quantitative estimate of drug-likeness (QED) is 0.212. The van der Waals surface area contributed by atoms with Crippen LogP contribution in [0.3, 0.4) is 0 Å². The van der Waals surface area contributed by atoms with Crippen LogP contribution in [0.25, 0.3) is 0 Å². The van der Waals surface area contributed by atoms with Crippen LogP contribution in [-0.2, 0) is 10.1 Å². The van der Waals surface area contributed by atoms with Crippen LogP contribution in [0.2, 0.25) is 0 Å². The molecule has 0 aromatic carbocycles. The van der Waals surface area contributed by atoms with Crippen molar-refractivity contribution < 1.29 is 69.5 Å². The summed E-state index contributed by atoms with van der Waals surface area (Å²) in [5, 5.41) is 8.91. The summed E-state index contributed by atoms with van der Waals surface area (Å²) in [5.74, 6) is 0. The van der Waals surface area contributed by atoms with Gasteiger partial charge < -0.3 is 9.66 Å². The molecule has 6 heteroatoms. The van der Waals surface area contributed by atoms with E-state index < -0.39 is 21.5 Å². The van der Waals surface area contributed by atoms with Crippen molar-refractivity contribution in [3.8, 4) is 0 Å². The third-order valence-corrected chi connectivity index (χ3v) is 6.27. The first kappa shape index (κ1) is 29.7. The Hall–Kier alpha value is 1.51. The molecule has 0 aliphatic carbocycles. The largest absolute Gasteiger partial charge is 1.00 e. The molecule has 0 amide bonds. The molecule has 0 bridgehead atoms. The zero-order valence-corrected chi connectivity index (χ0v) is 21.5. The van der Waals surface area contributed by atoms with E-state index >= 15 is 0 Å². The molecule has 152 valence electrons. The van der Waals surface area contributed by atoms with Crippen molar-refractivity contribution in [2.24, 2.45) is 0 Å². The minimum atomic E-state index is -4.25. The van der Waals surface area contributed by atoms with Gasteiger partial charge in [-0.05, 0) is 25.7 Å². The first-order valence-corrected chi connectivity index (χ1v) is 12.0. The van der Waals surface area contributed by atoms with E-state index in [4.69, 9.17) is 0 Å². The summed E-state index contributed by atoms with van der Waals surface area (Å²) in [7, 11) is -4.25. The van der Waals surface area contributed by atoms with Gasteiger partial charge in [0.1, 0.15) is 0 Å². The summed E-state index contributed by atoms with van der Waals surface area (Å²) in [6.07, 6.45) is 15.6. The van der Waals surface area contributed by atoms with E-state index in [-0.39, 0.29) is 51.4 Å². The Kier molecular flexibility index (Phi) is 22.6. The second kappa shape index (κ2) is 19.8. The smallest absolute Gasteiger partial charge is 0.748 e. The number of rotatable bonds is 18. The van der Waals surface area contributed by atoms with Crippen LogP contribution >= 0.6 is 0 Å². The predicted octanol–water partition coefficient (Wildman–Crippen LogP) is 2.55. The van der Waals surface area contributed by atoms with Crippen molar-refractivity contribution in [2.75, 3.05) is 0 Å². The van der Waals surface area contributed by atoms with Crippen molar-refractivity contribution in [1.82, 2.24) is 0 Å². The minimum Gasteiger partial charge on any atom is -0.748 e. The Morgan fingerprint density at radius 2 is 1.15 bits per heavy atom. The van der Waals surface area contributed by atoms with E-state index in [9.17, 15) is 18.1 Å². The monoisotopic (exact) mass is 416 g/mol. The van der Waals surface area contributed by atoms with Crippen molar-refractivity contribution in [3.05, 3.63) is 0 Å². The summed E-state index contributed by atoms with van der Waals surface area (Å²) < 4.78 is 34.1. The number of unbranched alkanes of at least 4 members (excludes halogenated alkanes) is 10. The van der Waals surface area contributed by atoms with Gasteiger partial charge in [-0.25, -0.2) is 8.42 Å². The van der Waals surface area contributed by atoms with Crippen LogP contribution in [0.1, 0.15) is 117 Å². The summed E-state index contributed by atoms with van der Waals surface area (Å²) >= 11 is 0. The third kappa shape index (κ3) is 18.9. The molecule has 2 unspecified atom stereocenters. The summed E-state index contributed by atoms with van der Waals surface area (Å²) in [5.41, 5.74) is 0. The van der Waals surface area contributed by atoms with Crippen LogP contribution in [0.4, 0.5) is 0 Å². The molecule has 0 aromatic heterocycles. The van der Waals surface area contributed by atoms with Crippen LogP contribution in [0, 0.1) is 0 Å². The third-order valence-electron chi connectivity index (χ3n) is 4.98. The molecule has 0 radical (unpaired) electrons. The predicted molar refractivity (Wildman–Crippen MR) is 105 cm³/mol. The molecule has 0 saturated carbocycles. The maximum absolute atomic E-state index is 11.4. The average molecular weight is 417 g/mol. The number of aliphatic hydroxyl groups excluding tert-OH is 1. The maximum Gasteiger partial charge on any atom is 1.00 e. The van der Waals surface area contributed by atoms with Crippen LogP contribution in [0.5, 0.6) is 0 Å². The van der Waals surface area contributed by atoms with Crippen molar-refractivity contribution in [3.63, 3.8) is 0 Å². The average Bonchev–Trinajstić information content (AvgIpc) is 2.54. The zero-order valence-electron chi connectivity index (χ0n) is 17.5. The summed E-state index contributed by atoms with van der Waals surface area (Å²) in [6, 6.07) is 0. The molecule has 0 aliphatic heterocycles. The van der Waals surface area contributed by atoms with Crippen molar-refractivity contribution in [2.45, 2.75) is 128 Å². The first-order valence-electron chi connectivity index (χ1n) is 10.5. The van der Waals surface area contributed by atoms with Gasteiger partial charge in [0.05, 0.1) is 16.2 Å². The topological polar surface area (TPSA) is 77.4 Å². The number of hydrogen-bond acceptors (Lipinski definition) is 4. The fraction of sp³-hybridized carbons (Fsp3) is 1.00. The minimum absolute atomic E-state index is 0. The molecule has 2 atom stereocenters. The molecule has 0 saturated heterocycles. The van der Waals surface area contributed by atoms with Gasteiger partial charge in [-0.15, -0.1) is 0 Å². The van der Waals surface area contributed by atoms with E-state index in [1.807, 2.05) is 6.92 Å². The SMILES string of the molecule is CCCCCCCCCCCCCC(CCC(O)CCC)S(=O)(=O)[O-].[K+]. The molecule has 0 rings (SSSR count). The second-order valence-electron chi connectivity index (χ2n) is 7.46. The van der Waals surface area contributed by atoms with Gasteiger partial charge in [0.15, 0.2) is 0 Å². The zero-order chi connectivity index (χ0) is 19.0.